The molecule has 210 valence electrons. The van der Waals surface area contributed by atoms with Gasteiger partial charge in [-0.2, -0.15) is 0 Å². The SMILES string of the molecule is Cc1nnc(-c2cccc3c(-c4ccc(C(=O)N5CCc6cc7c(cc65)C5(CCN(C)CC5)CO7)cc4)cccc23)o1. The second-order valence-electron chi connectivity index (χ2n) is 12.0. The van der Waals surface area contributed by atoms with E-state index in [2.05, 4.69) is 52.5 Å². The lowest BCUT2D eigenvalue weighted by Gasteiger charge is -2.37. The fourth-order valence-corrected chi connectivity index (χ4v) is 7.02. The van der Waals surface area contributed by atoms with Crippen LogP contribution in [-0.2, 0) is 11.8 Å². The first-order valence-electron chi connectivity index (χ1n) is 14.7. The number of fused-ring (bicyclic) bond motifs is 4. The number of nitrogens with zero attached hydrogens (tertiary/aromatic N) is 4. The Balaban J connectivity index is 1.09. The van der Waals surface area contributed by atoms with Crippen molar-refractivity contribution in [2.45, 2.75) is 31.6 Å². The Morgan fingerprint density at radius 3 is 2.36 bits per heavy atom. The van der Waals surface area contributed by atoms with Crippen LogP contribution in [0.2, 0.25) is 0 Å². The third kappa shape index (κ3) is 3.95. The molecule has 42 heavy (non-hydrogen) atoms. The first kappa shape index (κ1) is 25.2. The first-order chi connectivity index (χ1) is 20.5. The van der Waals surface area contributed by atoms with Crippen LogP contribution in [0.1, 0.15) is 40.2 Å². The molecule has 5 aromatic rings. The summed E-state index contributed by atoms with van der Waals surface area (Å²) in [5.74, 6) is 2.12. The van der Waals surface area contributed by atoms with Crippen LogP contribution in [-0.4, -0.2) is 54.3 Å². The number of carbonyl (C=O) groups excluding carboxylic acids is 1. The molecule has 4 aromatic carbocycles. The van der Waals surface area contributed by atoms with Gasteiger partial charge in [-0.05, 0) is 97.2 Å². The van der Waals surface area contributed by atoms with Crippen LogP contribution < -0.4 is 9.64 Å². The molecule has 0 saturated carbocycles. The first-order valence-corrected chi connectivity index (χ1v) is 14.7. The lowest BCUT2D eigenvalue weighted by molar-refractivity contribution is 0.0989. The van der Waals surface area contributed by atoms with Crippen molar-refractivity contribution in [2.24, 2.45) is 0 Å². The summed E-state index contributed by atoms with van der Waals surface area (Å²) in [6.07, 6.45) is 3.03. The normalized spacial score (nSPS) is 17.4. The third-order valence-corrected chi connectivity index (χ3v) is 9.46. The van der Waals surface area contributed by atoms with E-state index in [4.69, 9.17) is 9.15 Å². The number of anilines is 1. The molecule has 7 nitrogen and oxygen atoms in total. The van der Waals surface area contributed by atoms with E-state index < -0.39 is 0 Å². The number of aromatic nitrogens is 2. The van der Waals surface area contributed by atoms with E-state index in [0.29, 0.717) is 23.9 Å². The van der Waals surface area contributed by atoms with Crippen LogP contribution in [0, 0.1) is 6.92 Å². The molecule has 3 aliphatic rings. The van der Waals surface area contributed by atoms with Gasteiger partial charge in [-0.1, -0.05) is 42.5 Å². The molecule has 3 aliphatic heterocycles. The predicted molar refractivity (Wildman–Crippen MR) is 163 cm³/mol. The Kier molecular flexibility index (Phi) is 5.73. The standard InChI is InChI=1S/C35H32N4O3/c1-22-36-37-33(42-22)29-8-4-6-27-26(5-3-7-28(27)29)23-9-11-24(12-10-23)34(40)39-16-13-25-19-32-30(20-31(25)39)35(21-41-32)14-17-38(2)18-15-35/h3-12,19-20H,13-18,21H2,1-2H3. The van der Waals surface area contributed by atoms with Crippen molar-refractivity contribution < 1.29 is 13.9 Å². The van der Waals surface area contributed by atoms with Gasteiger partial charge in [-0.3, -0.25) is 4.79 Å². The summed E-state index contributed by atoms with van der Waals surface area (Å²) >= 11 is 0. The highest BCUT2D eigenvalue weighted by Gasteiger charge is 2.44. The molecule has 8 rings (SSSR count). The van der Waals surface area contributed by atoms with Gasteiger partial charge in [0.15, 0.2) is 0 Å². The van der Waals surface area contributed by atoms with E-state index in [-0.39, 0.29) is 11.3 Å². The van der Waals surface area contributed by atoms with Crippen molar-refractivity contribution >= 4 is 22.4 Å². The average molecular weight is 557 g/mol. The average Bonchev–Trinajstić information content (AvgIpc) is 3.74. The number of ether oxygens (including phenoxy) is 1. The number of hydrogen-bond acceptors (Lipinski definition) is 6. The zero-order valence-electron chi connectivity index (χ0n) is 23.9. The number of piperidine rings is 1. The van der Waals surface area contributed by atoms with Gasteiger partial charge in [-0.25, -0.2) is 0 Å². The molecule has 1 aromatic heterocycles. The number of amides is 1. The van der Waals surface area contributed by atoms with Crippen molar-refractivity contribution in [1.29, 1.82) is 0 Å². The lowest BCUT2D eigenvalue weighted by Crippen LogP contribution is -2.42. The van der Waals surface area contributed by atoms with Crippen LogP contribution in [0.5, 0.6) is 5.75 Å². The fourth-order valence-electron chi connectivity index (χ4n) is 7.02. The zero-order valence-corrected chi connectivity index (χ0v) is 23.9. The number of benzene rings is 4. The van der Waals surface area contributed by atoms with Gasteiger partial charge < -0.3 is 19.0 Å². The summed E-state index contributed by atoms with van der Waals surface area (Å²) in [6.45, 7) is 5.38. The minimum Gasteiger partial charge on any atom is -0.492 e. The Morgan fingerprint density at radius 2 is 1.62 bits per heavy atom. The summed E-state index contributed by atoms with van der Waals surface area (Å²) < 4.78 is 11.9. The van der Waals surface area contributed by atoms with Gasteiger partial charge in [0.1, 0.15) is 5.75 Å². The van der Waals surface area contributed by atoms with E-state index in [0.717, 1.165) is 77.9 Å². The number of carbonyl (C=O) groups is 1. The molecule has 0 atom stereocenters. The van der Waals surface area contributed by atoms with Crippen LogP contribution >= 0.6 is 0 Å². The van der Waals surface area contributed by atoms with Gasteiger partial charge in [-0.15, -0.1) is 10.2 Å². The summed E-state index contributed by atoms with van der Waals surface area (Å²) in [5.41, 5.74) is 7.35. The van der Waals surface area contributed by atoms with Gasteiger partial charge in [0.05, 0.1) is 6.61 Å². The van der Waals surface area contributed by atoms with Crippen molar-refractivity contribution in [3.63, 3.8) is 0 Å². The summed E-state index contributed by atoms with van der Waals surface area (Å²) in [6, 6.07) is 24.8. The Morgan fingerprint density at radius 1 is 0.881 bits per heavy atom. The quantitative estimate of drug-likeness (QED) is 0.255. The van der Waals surface area contributed by atoms with Crippen LogP contribution in [0.15, 0.2) is 77.2 Å². The molecule has 0 bridgehead atoms. The minimum atomic E-state index is 0.0450. The van der Waals surface area contributed by atoms with Crippen molar-refractivity contribution in [2.75, 3.05) is 38.2 Å². The molecule has 0 aliphatic carbocycles. The number of aryl methyl sites for hydroxylation is 1. The largest absolute Gasteiger partial charge is 0.492 e. The third-order valence-electron chi connectivity index (χ3n) is 9.46. The molecule has 1 saturated heterocycles. The van der Waals surface area contributed by atoms with Crippen molar-refractivity contribution in [3.8, 4) is 28.3 Å². The van der Waals surface area contributed by atoms with Gasteiger partial charge >= 0.3 is 0 Å². The topological polar surface area (TPSA) is 71.7 Å². The Labute approximate surface area is 244 Å². The van der Waals surface area contributed by atoms with E-state index in [1.54, 1.807) is 6.92 Å². The Hall–Kier alpha value is -4.49. The number of hydrogen-bond donors (Lipinski definition) is 0. The molecule has 4 heterocycles. The molecule has 0 radical (unpaired) electrons. The second-order valence-corrected chi connectivity index (χ2v) is 12.0. The van der Waals surface area contributed by atoms with Crippen molar-refractivity contribution in [3.05, 3.63) is 95.4 Å². The number of rotatable bonds is 3. The van der Waals surface area contributed by atoms with Gasteiger partial charge in [0.2, 0.25) is 11.8 Å². The van der Waals surface area contributed by atoms with Gasteiger partial charge in [0.25, 0.3) is 5.91 Å². The van der Waals surface area contributed by atoms with Crippen LogP contribution in [0.4, 0.5) is 5.69 Å². The smallest absolute Gasteiger partial charge is 0.258 e. The summed E-state index contributed by atoms with van der Waals surface area (Å²) in [7, 11) is 2.19. The predicted octanol–water partition coefficient (Wildman–Crippen LogP) is 6.42. The van der Waals surface area contributed by atoms with E-state index in [1.807, 2.05) is 47.4 Å². The lowest BCUT2D eigenvalue weighted by atomic mass is 9.74. The van der Waals surface area contributed by atoms with Gasteiger partial charge in [0, 0.05) is 41.3 Å². The van der Waals surface area contributed by atoms with Crippen LogP contribution in [0.25, 0.3) is 33.4 Å². The maximum Gasteiger partial charge on any atom is 0.258 e. The maximum absolute atomic E-state index is 13.8. The van der Waals surface area contributed by atoms with E-state index in [9.17, 15) is 4.79 Å². The van der Waals surface area contributed by atoms with E-state index >= 15 is 0 Å². The molecule has 1 amide bonds. The summed E-state index contributed by atoms with van der Waals surface area (Å²) in [5, 5.41) is 10.4. The second kappa shape index (κ2) is 9.53. The molecule has 1 spiro atoms. The molecular weight excluding hydrogens is 524 g/mol. The molecule has 0 N–H and O–H groups in total. The highest BCUT2D eigenvalue weighted by Crippen LogP contribution is 2.49. The maximum atomic E-state index is 13.8. The molecular formula is C35H32N4O3. The summed E-state index contributed by atoms with van der Waals surface area (Å²) in [4.78, 5) is 18.2. The minimum absolute atomic E-state index is 0.0450. The van der Waals surface area contributed by atoms with E-state index in [1.165, 1.54) is 11.1 Å². The Bertz CT molecular complexity index is 1850. The number of likely N-dealkylation sites (tertiary alicyclic amines) is 1. The fraction of sp³-hybridized carbons (Fsp3) is 0.286. The molecule has 0 unspecified atom stereocenters. The highest BCUT2D eigenvalue weighted by atomic mass is 16.5. The monoisotopic (exact) mass is 556 g/mol. The highest BCUT2D eigenvalue weighted by molar-refractivity contribution is 6.08. The van der Waals surface area contributed by atoms with Crippen LogP contribution in [0.3, 0.4) is 0 Å². The zero-order chi connectivity index (χ0) is 28.4. The van der Waals surface area contributed by atoms with Crippen molar-refractivity contribution in [1.82, 2.24) is 15.1 Å². The molecule has 7 heteroatoms. The molecule has 1 fully saturated rings.